The molecule has 1 aliphatic rings. The molecule has 1 unspecified atom stereocenters. The van der Waals surface area contributed by atoms with E-state index in [2.05, 4.69) is 15.5 Å². The van der Waals surface area contributed by atoms with Gasteiger partial charge < -0.3 is 0 Å². The molecule has 1 heterocycles. The molecule has 1 aromatic heterocycles. The predicted octanol–water partition coefficient (Wildman–Crippen LogP) is 4.00. The summed E-state index contributed by atoms with van der Waals surface area (Å²) >= 11 is 1.21. The molecule has 0 saturated heterocycles. The number of para-hydroxylation sites is 1. The molecule has 4 nitrogen and oxygen atoms in total. The fourth-order valence-corrected chi connectivity index (χ4v) is 3.28. The molecule has 1 aromatic carbocycles. The van der Waals surface area contributed by atoms with Crippen LogP contribution in [0.3, 0.4) is 0 Å². The van der Waals surface area contributed by atoms with E-state index in [4.69, 9.17) is 0 Å². The van der Waals surface area contributed by atoms with Crippen molar-refractivity contribution in [1.82, 2.24) is 4.98 Å². The quantitative estimate of drug-likeness (QED) is 0.685. The number of rotatable bonds is 3. The van der Waals surface area contributed by atoms with Gasteiger partial charge in [0.2, 0.25) is 5.13 Å². The van der Waals surface area contributed by atoms with Crippen LogP contribution in [-0.2, 0) is 4.79 Å². The Labute approximate surface area is 128 Å². The molecule has 0 radical (unpaired) electrons. The maximum Gasteiger partial charge on any atom is 0.431 e. The standard InChI is InChI=1S/C14H12F3N3OS/c15-14(16,17)12(8-4-3-6-10(8)21)19-20-13-18-9-5-1-2-7-11(9)22-13/h1-2,5,7-8H,3-4,6H2,(H,18,20)/b19-12-. The molecule has 2 aromatic rings. The molecule has 0 aliphatic heterocycles. The van der Waals surface area contributed by atoms with Crippen LogP contribution in [0.4, 0.5) is 18.3 Å². The number of Topliss-reactive ketones (excluding diaryl/α,β-unsaturated/α-hetero) is 1. The first kappa shape index (κ1) is 15.0. The first-order valence-electron chi connectivity index (χ1n) is 6.74. The van der Waals surface area contributed by atoms with Gasteiger partial charge in [0.25, 0.3) is 0 Å². The van der Waals surface area contributed by atoms with E-state index in [0.29, 0.717) is 11.9 Å². The first-order valence-corrected chi connectivity index (χ1v) is 7.56. The zero-order valence-electron chi connectivity index (χ0n) is 11.4. The van der Waals surface area contributed by atoms with Gasteiger partial charge in [-0.3, -0.25) is 10.2 Å². The van der Waals surface area contributed by atoms with Crippen LogP contribution in [0.15, 0.2) is 29.4 Å². The minimum absolute atomic E-state index is 0.181. The van der Waals surface area contributed by atoms with E-state index in [9.17, 15) is 18.0 Å². The van der Waals surface area contributed by atoms with E-state index in [1.165, 1.54) is 11.3 Å². The lowest BCUT2D eigenvalue weighted by Crippen LogP contribution is -2.33. The molecule has 1 atom stereocenters. The highest BCUT2D eigenvalue weighted by molar-refractivity contribution is 7.22. The van der Waals surface area contributed by atoms with Crippen molar-refractivity contribution in [2.45, 2.75) is 25.4 Å². The average Bonchev–Trinajstić information content (AvgIpc) is 3.04. The summed E-state index contributed by atoms with van der Waals surface area (Å²) in [6.45, 7) is 0. The summed E-state index contributed by atoms with van der Waals surface area (Å²) in [6.07, 6.45) is -3.78. The number of nitrogens with zero attached hydrogens (tertiary/aromatic N) is 2. The molecular weight excluding hydrogens is 315 g/mol. The molecule has 116 valence electrons. The Bertz CT molecular complexity index is 705. The van der Waals surface area contributed by atoms with E-state index in [1.54, 1.807) is 12.1 Å². The summed E-state index contributed by atoms with van der Waals surface area (Å²) < 4.78 is 40.2. The minimum Gasteiger partial charge on any atom is -0.299 e. The largest absolute Gasteiger partial charge is 0.431 e. The van der Waals surface area contributed by atoms with E-state index >= 15 is 0 Å². The Morgan fingerprint density at radius 1 is 1.36 bits per heavy atom. The second-order valence-corrected chi connectivity index (χ2v) is 6.04. The van der Waals surface area contributed by atoms with Crippen molar-refractivity contribution in [3.05, 3.63) is 24.3 Å². The Morgan fingerprint density at radius 3 is 2.77 bits per heavy atom. The van der Waals surface area contributed by atoms with Gasteiger partial charge >= 0.3 is 6.18 Å². The van der Waals surface area contributed by atoms with Crippen LogP contribution >= 0.6 is 11.3 Å². The highest BCUT2D eigenvalue weighted by Gasteiger charge is 2.45. The number of carbonyl (C=O) groups is 1. The summed E-state index contributed by atoms with van der Waals surface area (Å²) in [5.41, 5.74) is 1.99. The van der Waals surface area contributed by atoms with Crippen LogP contribution in [-0.4, -0.2) is 22.7 Å². The van der Waals surface area contributed by atoms with Gasteiger partial charge in [-0.1, -0.05) is 23.5 Å². The topological polar surface area (TPSA) is 54.4 Å². The van der Waals surface area contributed by atoms with Gasteiger partial charge in [-0.25, -0.2) is 4.98 Å². The number of nitrogens with one attached hydrogen (secondary N) is 1. The Morgan fingerprint density at radius 2 is 2.14 bits per heavy atom. The number of alkyl halides is 3. The number of hydrogen-bond donors (Lipinski definition) is 1. The van der Waals surface area contributed by atoms with Gasteiger partial charge in [0, 0.05) is 6.42 Å². The average molecular weight is 327 g/mol. The van der Waals surface area contributed by atoms with Gasteiger partial charge in [0.15, 0.2) is 5.71 Å². The SMILES string of the molecule is O=C1CCCC1/C(=N/Nc1nc2ccccc2s1)C(F)(F)F. The van der Waals surface area contributed by atoms with Crippen molar-refractivity contribution in [3.63, 3.8) is 0 Å². The van der Waals surface area contributed by atoms with Gasteiger partial charge in [-0.2, -0.15) is 18.3 Å². The van der Waals surface area contributed by atoms with E-state index in [0.717, 1.165) is 4.70 Å². The minimum atomic E-state index is -4.63. The van der Waals surface area contributed by atoms with Gasteiger partial charge in [0.1, 0.15) is 5.78 Å². The van der Waals surface area contributed by atoms with E-state index < -0.39 is 23.6 Å². The van der Waals surface area contributed by atoms with Gasteiger partial charge in [0.05, 0.1) is 16.1 Å². The number of anilines is 1. The number of ketones is 1. The Hall–Kier alpha value is -1.96. The summed E-state index contributed by atoms with van der Waals surface area (Å²) in [5, 5.41) is 3.73. The summed E-state index contributed by atoms with van der Waals surface area (Å²) in [7, 11) is 0. The number of benzene rings is 1. The third-order valence-corrected chi connectivity index (χ3v) is 4.43. The molecule has 0 bridgehead atoms. The van der Waals surface area contributed by atoms with Crippen LogP contribution in [0.25, 0.3) is 10.2 Å². The zero-order chi connectivity index (χ0) is 15.7. The lowest BCUT2D eigenvalue weighted by atomic mass is 10.0. The summed E-state index contributed by atoms with van der Waals surface area (Å²) in [5.74, 6) is -1.57. The van der Waals surface area contributed by atoms with Crippen LogP contribution < -0.4 is 5.43 Å². The molecule has 1 fully saturated rings. The number of halogens is 3. The predicted molar refractivity (Wildman–Crippen MR) is 79.1 cm³/mol. The van der Waals surface area contributed by atoms with Gasteiger partial charge in [-0.15, -0.1) is 0 Å². The highest BCUT2D eigenvalue weighted by atomic mass is 32.1. The second-order valence-electron chi connectivity index (χ2n) is 5.00. The van der Waals surface area contributed by atoms with Crippen molar-refractivity contribution < 1.29 is 18.0 Å². The highest BCUT2D eigenvalue weighted by Crippen LogP contribution is 2.32. The number of thiazole rings is 1. The molecule has 0 amide bonds. The molecule has 1 saturated carbocycles. The third kappa shape index (κ3) is 2.96. The number of carbonyl (C=O) groups excluding carboxylic acids is 1. The van der Waals surface area contributed by atoms with Crippen LogP contribution in [0.5, 0.6) is 0 Å². The molecule has 3 rings (SSSR count). The lowest BCUT2D eigenvalue weighted by Gasteiger charge is -2.15. The molecule has 8 heteroatoms. The van der Waals surface area contributed by atoms with E-state index in [1.807, 2.05) is 12.1 Å². The number of aromatic nitrogens is 1. The fraction of sp³-hybridized carbons (Fsp3) is 0.357. The lowest BCUT2D eigenvalue weighted by molar-refractivity contribution is -0.120. The van der Waals surface area contributed by atoms with Crippen molar-refractivity contribution in [1.29, 1.82) is 0 Å². The number of hydrazone groups is 1. The Kier molecular flexibility index (Phi) is 3.86. The maximum atomic E-state index is 13.1. The molecular formula is C14H12F3N3OS. The van der Waals surface area contributed by atoms with E-state index in [-0.39, 0.29) is 18.0 Å². The molecule has 1 N–H and O–H groups in total. The van der Waals surface area contributed by atoms with Crippen molar-refractivity contribution in [3.8, 4) is 0 Å². The molecule has 22 heavy (non-hydrogen) atoms. The van der Waals surface area contributed by atoms with Crippen LogP contribution in [0, 0.1) is 5.92 Å². The summed E-state index contributed by atoms with van der Waals surface area (Å²) in [6, 6.07) is 7.22. The zero-order valence-corrected chi connectivity index (χ0v) is 12.2. The van der Waals surface area contributed by atoms with Crippen LogP contribution in [0.2, 0.25) is 0 Å². The van der Waals surface area contributed by atoms with Crippen molar-refractivity contribution >= 4 is 38.2 Å². The molecule has 1 aliphatic carbocycles. The van der Waals surface area contributed by atoms with Crippen LogP contribution in [0.1, 0.15) is 19.3 Å². The molecule has 0 spiro atoms. The monoisotopic (exact) mass is 327 g/mol. The van der Waals surface area contributed by atoms with Gasteiger partial charge in [-0.05, 0) is 25.0 Å². The fourth-order valence-electron chi connectivity index (χ4n) is 2.47. The smallest absolute Gasteiger partial charge is 0.299 e. The maximum absolute atomic E-state index is 13.1. The normalized spacial score (nSPS) is 19.9. The van der Waals surface area contributed by atoms with Crippen molar-refractivity contribution in [2.24, 2.45) is 11.0 Å². The Balaban J connectivity index is 1.87. The first-order chi connectivity index (χ1) is 10.4. The number of fused-ring (bicyclic) bond motifs is 1. The van der Waals surface area contributed by atoms with Crippen molar-refractivity contribution in [2.75, 3.05) is 5.43 Å². The second kappa shape index (κ2) is 5.68. The number of hydrogen-bond acceptors (Lipinski definition) is 5. The summed E-state index contributed by atoms with van der Waals surface area (Å²) in [4.78, 5) is 15.8. The third-order valence-electron chi connectivity index (χ3n) is 3.49.